The maximum absolute atomic E-state index is 12.5. The van der Waals surface area contributed by atoms with Crippen molar-refractivity contribution >= 4 is 23.1 Å². The normalized spacial score (nSPS) is 22.0. The Kier molecular flexibility index (Phi) is 3.66. The van der Waals surface area contributed by atoms with Crippen molar-refractivity contribution in [3.63, 3.8) is 0 Å². The van der Waals surface area contributed by atoms with Gasteiger partial charge < -0.3 is 9.80 Å². The lowest BCUT2D eigenvalue weighted by molar-refractivity contribution is 0.0777. The SMILES string of the molecule is O=C(c1cscn1)N1CC2CN(c3cc(-n4cccn4)ncn3)CC2C1. The molecule has 2 saturated heterocycles. The molecule has 0 radical (unpaired) electrons. The van der Waals surface area contributed by atoms with E-state index < -0.39 is 0 Å². The number of carbonyl (C=O) groups excluding carboxylic acids is 1. The fourth-order valence-corrected chi connectivity index (χ4v) is 4.39. The molecule has 0 N–H and O–H groups in total. The molecular weight excluding hydrogens is 350 g/mol. The van der Waals surface area contributed by atoms with Crippen molar-refractivity contribution in [2.45, 2.75) is 0 Å². The lowest BCUT2D eigenvalue weighted by Crippen LogP contribution is -2.33. The van der Waals surface area contributed by atoms with E-state index in [1.165, 1.54) is 11.3 Å². The molecule has 8 nitrogen and oxygen atoms in total. The summed E-state index contributed by atoms with van der Waals surface area (Å²) in [4.78, 5) is 29.6. The van der Waals surface area contributed by atoms with Crippen LogP contribution in [-0.2, 0) is 0 Å². The van der Waals surface area contributed by atoms with Gasteiger partial charge in [0.15, 0.2) is 5.82 Å². The van der Waals surface area contributed by atoms with Gasteiger partial charge >= 0.3 is 0 Å². The van der Waals surface area contributed by atoms with Gasteiger partial charge in [-0.05, 0) is 6.07 Å². The smallest absolute Gasteiger partial charge is 0.273 e. The minimum absolute atomic E-state index is 0.0511. The number of amides is 1. The molecule has 2 aliphatic heterocycles. The van der Waals surface area contributed by atoms with Crippen molar-refractivity contribution in [3.8, 4) is 5.82 Å². The third-order valence-corrected chi connectivity index (χ3v) is 5.71. The van der Waals surface area contributed by atoms with E-state index in [9.17, 15) is 4.79 Å². The Labute approximate surface area is 154 Å². The zero-order valence-electron chi connectivity index (χ0n) is 14.0. The molecule has 5 heterocycles. The van der Waals surface area contributed by atoms with Crippen LogP contribution in [0.15, 0.2) is 41.7 Å². The number of rotatable bonds is 3. The lowest BCUT2D eigenvalue weighted by atomic mass is 10.0. The Bertz CT molecular complexity index is 897. The Balaban J connectivity index is 1.28. The van der Waals surface area contributed by atoms with E-state index in [0.29, 0.717) is 17.5 Å². The lowest BCUT2D eigenvalue weighted by Gasteiger charge is -2.22. The molecule has 0 bridgehead atoms. The fraction of sp³-hybridized carbons (Fsp3) is 0.353. The van der Waals surface area contributed by atoms with E-state index in [0.717, 1.165) is 37.8 Å². The van der Waals surface area contributed by atoms with Gasteiger partial charge in [-0.15, -0.1) is 11.3 Å². The summed E-state index contributed by atoms with van der Waals surface area (Å²) in [5.74, 6) is 2.67. The van der Waals surface area contributed by atoms with Crippen LogP contribution in [0.4, 0.5) is 5.82 Å². The van der Waals surface area contributed by atoms with Crippen LogP contribution in [0.25, 0.3) is 5.82 Å². The quantitative estimate of drug-likeness (QED) is 0.695. The van der Waals surface area contributed by atoms with E-state index in [-0.39, 0.29) is 5.91 Å². The van der Waals surface area contributed by atoms with Gasteiger partial charge in [-0.1, -0.05) is 0 Å². The number of likely N-dealkylation sites (tertiary alicyclic amines) is 1. The summed E-state index contributed by atoms with van der Waals surface area (Å²) >= 11 is 1.46. The second kappa shape index (κ2) is 6.17. The maximum Gasteiger partial charge on any atom is 0.273 e. The third-order valence-electron chi connectivity index (χ3n) is 5.13. The molecular formula is C17H17N7OS. The van der Waals surface area contributed by atoms with E-state index >= 15 is 0 Å². The summed E-state index contributed by atoms with van der Waals surface area (Å²) in [6.45, 7) is 3.38. The monoisotopic (exact) mass is 367 g/mol. The van der Waals surface area contributed by atoms with Gasteiger partial charge in [0.1, 0.15) is 17.8 Å². The maximum atomic E-state index is 12.5. The topological polar surface area (TPSA) is 80.0 Å². The average Bonchev–Trinajstić information content (AvgIpc) is 3.45. The molecule has 5 rings (SSSR count). The first-order valence-electron chi connectivity index (χ1n) is 8.52. The first-order valence-corrected chi connectivity index (χ1v) is 9.46. The van der Waals surface area contributed by atoms with Gasteiger partial charge in [0, 0.05) is 61.9 Å². The molecule has 132 valence electrons. The second-order valence-electron chi connectivity index (χ2n) is 6.69. The number of nitrogens with zero attached hydrogens (tertiary/aromatic N) is 7. The Morgan fingerprint density at radius 2 is 1.88 bits per heavy atom. The molecule has 0 aliphatic carbocycles. The molecule has 1 amide bonds. The number of carbonyl (C=O) groups is 1. The second-order valence-corrected chi connectivity index (χ2v) is 7.41. The van der Waals surface area contributed by atoms with E-state index in [1.807, 2.05) is 28.6 Å². The highest BCUT2D eigenvalue weighted by Crippen LogP contribution is 2.34. The molecule has 3 aromatic heterocycles. The van der Waals surface area contributed by atoms with E-state index in [4.69, 9.17) is 0 Å². The van der Waals surface area contributed by atoms with Crippen LogP contribution in [0.1, 0.15) is 10.5 Å². The average molecular weight is 367 g/mol. The first-order chi connectivity index (χ1) is 12.8. The Morgan fingerprint density at radius 3 is 2.58 bits per heavy atom. The summed E-state index contributed by atoms with van der Waals surface area (Å²) in [5.41, 5.74) is 2.27. The minimum atomic E-state index is 0.0511. The zero-order chi connectivity index (χ0) is 17.5. The fourth-order valence-electron chi connectivity index (χ4n) is 3.87. The van der Waals surface area contributed by atoms with Crippen LogP contribution >= 0.6 is 11.3 Å². The van der Waals surface area contributed by atoms with Gasteiger partial charge in [-0.25, -0.2) is 19.6 Å². The van der Waals surface area contributed by atoms with Crippen LogP contribution in [0.2, 0.25) is 0 Å². The van der Waals surface area contributed by atoms with Gasteiger partial charge in [0.25, 0.3) is 5.91 Å². The zero-order valence-corrected chi connectivity index (χ0v) is 14.8. The minimum Gasteiger partial charge on any atom is -0.356 e. The number of anilines is 1. The van der Waals surface area contributed by atoms with Crippen LogP contribution in [-0.4, -0.2) is 61.7 Å². The molecule has 2 atom stereocenters. The molecule has 3 aromatic rings. The number of hydrogen-bond acceptors (Lipinski definition) is 7. The van der Waals surface area contributed by atoms with Crippen molar-refractivity contribution in [1.29, 1.82) is 0 Å². The molecule has 2 fully saturated rings. The summed E-state index contributed by atoms with van der Waals surface area (Å²) in [5, 5.41) is 6.04. The van der Waals surface area contributed by atoms with Crippen molar-refractivity contribution in [2.24, 2.45) is 11.8 Å². The van der Waals surface area contributed by atoms with Gasteiger partial charge in [0.2, 0.25) is 0 Å². The van der Waals surface area contributed by atoms with Crippen molar-refractivity contribution in [3.05, 3.63) is 47.4 Å². The van der Waals surface area contributed by atoms with Crippen LogP contribution in [0.5, 0.6) is 0 Å². The first kappa shape index (κ1) is 15.4. The van der Waals surface area contributed by atoms with Crippen molar-refractivity contribution in [1.82, 2.24) is 29.6 Å². The largest absolute Gasteiger partial charge is 0.356 e. The molecule has 9 heteroatoms. The van der Waals surface area contributed by atoms with Crippen molar-refractivity contribution < 1.29 is 4.79 Å². The number of aromatic nitrogens is 5. The molecule has 0 aromatic carbocycles. The van der Waals surface area contributed by atoms with E-state index in [1.54, 1.807) is 22.7 Å². The highest BCUT2D eigenvalue weighted by Gasteiger charge is 2.42. The highest BCUT2D eigenvalue weighted by molar-refractivity contribution is 7.07. The van der Waals surface area contributed by atoms with Crippen LogP contribution in [0, 0.1) is 11.8 Å². The number of hydrogen-bond donors (Lipinski definition) is 0. The highest BCUT2D eigenvalue weighted by atomic mass is 32.1. The molecule has 2 unspecified atom stereocenters. The number of fused-ring (bicyclic) bond motifs is 1. The Morgan fingerprint density at radius 1 is 1.08 bits per heavy atom. The van der Waals surface area contributed by atoms with Gasteiger partial charge in [-0.2, -0.15) is 5.10 Å². The predicted octanol–water partition coefficient (Wildman–Crippen LogP) is 1.33. The number of thiazole rings is 1. The predicted molar refractivity (Wildman–Crippen MR) is 96.4 cm³/mol. The molecule has 26 heavy (non-hydrogen) atoms. The standard InChI is InChI=1S/C17H17N7OS/c25-17(14-9-26-11-20-14)23-7-12-5-22(6-13(12)8-23)15-4-16(19-10-18-15)24-3-1-2-21-24/h1-4,9-13H,5-8H2. The van der Waals surface area contributed by atoms with Crippen molar-refractivity contribution in [2.75, 3.05) is 31.1 Å². The van der Waals surface area contributed by atoms with Gasteiger partial charge in [-0.3, -0.25) is 4.79 Å². The molecule has 0 saturated carbocycles. The summed E-state index contributed by atoms with van der Waals surface area (Å²) in [6, 6.07) is 3.84. The summed E-state index contributed by atoms with van der Waals surface area (Å²) < 4.78 is 1.73. The van der Waals surface area contributed by atoms with Crippen LogP contribution < -0.4 is 4.90 Å². The Hall–Kier alpha value is -2.81. The van der Waals surface area contributed by atoms with Crippen LogP contribution in [0.3, 0.4) is 0 Å². The summed E-state index contributed by atoms with van der Waals surface area (Å²) in [7, 11) is 0. The summed E-state index contributed by atoms with van der Waals surface area (Å²) in [6.07, 6.45) is 5.18. The third kappa shape index (κ3) is 2.64. The molecule has 0 spiro atoms. The van der Waals surface area contributed by atoms with Gasteiger partial charge in [0.05, 0.1) is 5.51 Å². The van der Waals surface area contributed by atoms with E-state index in [2.05, 4.69) is 25.0 Å². The molecule has 2 aliphatic rings.